The van der Waals surface area contributed by atoms with E-state index in [4.69, 9.17) is 18.9 Å². The van der Waals surface area contributed by atoms with Crippen LogP contribution in [0.25, 0.3) is 0 Å². The largest absolute Gasteiger partial charge is 0.479 e. The normalized spacial score (nSPS) is 29.6. The minimum Gasteiger partial charge on any atom is -0.479 e. The minimum absolute atomic E-state index is 0.232. The van der Waals surface area contributed by atoms with E-state index in [1.807, 2.05) is 54.6 Å². The van der Waals surface area contributed by atoms with Crippen molar-refractivity contribution >= 4 is 39.6 Å². The zero-order chi connectivity index (χ0) is 24.2. The van der Waals surface area contributed by atoms with Crippen molar-refractivity contribution in [3.63, 3.8) is 0 Å². The molecule has 0 spiro atoms. The van der Waals surface area contributed by atoms with Crippen molar-refractivity contribution in [1.29, 1.82) is 0 Å². The lowest BCUT2D eigenvalue weighted by Gasteiger charge is -2.49. The van der Waals surface area contributed by atoms with Gasteiger partial charge in [0, 0.05) is 21.9 Å². The molecule has 182 valence electrons. The van der Waals surface area contributed by atoms with Gasteiger partial charge in [0.05, 0.1) is 12.6 Å². The van der Waals surface area contributed by atoms with Crippen LogP contribution in [-0.2, 0) is 28.5 Å². The monoisotopic (exact) mass is 551 g/mol. The Kier molecular flexibility index (Phi) is 8.28. The van der Waals surface area contributed by atoms with Gasteiger partial charge in [-0.1, -0.05) is 58.0 Å². The summed E-state index contributed by atoms with van der Waals surface area (Å²) in [4.78, 5) is 24.7. The molecule has 10 heteroatoms. The standard InChI is InChI=1S/C24H26BrNO7S/c1-13(22(28)29)31-21-19(26-14(2)27)24(34-17-10-8-16(25)9-11-17)32-18-12-30-23(33-20(18)21)15-6-4-3-5-7-15/h3-11,13,18-21,23-24H,12H2,1-2H3,(H,26,27)(H,28,29). The average Bonchev–Trinajstić information content (AvgIpc) is 2.82. The first kappa shape index (κ1) is 25.2. The molecule has 2 fully saturated rings. The molecular weight excluding hydrogens is 526 g/mol. The van der Waals surface area contributed by atoms with Gasteiger partial charge in [0.25, 0.3) is 0 Å². The molecule has 2 N–H and O–H groups in total. The third-order valence-electron chi connectivity index (χ3n) is 5.56. The van der Waals surface area contributed by atoms with Gasteiger partial charge in [-0.15, -0.1) is 0 Å². The first-order valence-corrected chi connectivity index (χ1v) is 12.5. The van der Waals surface area contributed by atoms with Gasteiger partial charge >= 0.3 is 5.97 Å². The number of halogens is 1. The highest BCUT2D eigenvalue weighted by atomic mass is 79.9. The molecular formula is C24H26BrNO7S. The Bertz CT molecular complexity index is 993. The summed E-state index contributed by atoms with van der Waals surface area (Å²) in [7, 11) is 0. The van der Waals surface area contributed by atoms with Gasteiger partial charge in [-0.25, -0.2) is 4.79 Å². The van der Waals surface area contributed by atoms with Crippen molar-refractivity contribution in [2.24, 2.45) is 0 Å². The van der Waals surface area contributed by atoms with Gasteiger partial charge in [-0.05, 0) is 31.2 Å². The summed E-state index contributed by atoms with van der Waals surface area (Å²) in [6.45, 7) is 3.10. The fourth-order valence-corrected chi connectivity index (χ4v) is 5.34. The molecule has 2 heterocycles. The van der Waals surface area contributed by atoms with E-state index in [9.17, 15) is 14.7 Å². The number of ether oxygens (including phenoxy) is 4. The molecule has 7 atom stereocenters. The van der Waals surface area contributed by atoms with Crippen molar-refractivity contribution < 1.29 is 33.6 Å². The van der Waals surface area contributed by atoms with Crippen LogP contribution in [0.3, 0.4) is 0 Å². The maximum atomic E-state index is 12.1. The second-order valence-electron chi connectivity index (χ2n) is 8.10. The highest BCUT2D eigenvalue weighted by molar-refractivity contribution is 9.10. The van der Waals surface area contributed by atoms with Crippen LogP contribution in [-0.4, -0.2) is 59.5 Å². The first-order valence-electron chi connectivity index (χ1n) is 10.9. The van der Waals surface area contributed by atoms with E-state index in [0.29, 0.717) is 0 Å². The van der Waals surface area contributed by atoms with Crippen LogP contribution >= 0.6 is 27.7 Å². The van der Waals surface area contributed by atoms with Crippen molar-refractivity contribution in [3.05, 3.63) is 64.6 Å². The maximum Gasteiger partial charge on any atom is 0.332 e. The second kappa shape index (κ2) is 11.2. The van der Waals surface area contributed by atoms with Crippen LogP contribution in [0.2, 0.25) is 0 Å². The van der Waals surface area contributed by atoms with Crippen LogP contribution in [0.15, 0.2) is 64.0 Å². The molecule has 2 aromatic carbocycles. The van der Waals surface area contributed by atoms with E-state index in [2.05, 4.69) is 21.2 Å². The zero-order valence-electron chi connectivity index (χ0n) is 18.6. The highest BCUT2D eigenvalue weighted by Crippen LogP contribution is 2.40. The number of fused-ring (bicyclic) bond motifs is 1. The zero-order valence-corrected chi connectivity index (χ0v) is 21.0. The van der Waals surface area contributed by atoms with Crippen molar-refractivity contribution in [3.8, 4) is 0 Å². The van der Waals surface area contributed by atoms with E-state index < -0.39 is 48.2 Å². The molecule has 0 bridgehead atoms. The van der Waals surface area contributed by atoms with Crippen LogP contribution in [0, 0.1) is 0 Å². The number of carboxylic acid groups (broad SMARTS) is 1. The Morgan fingerprint density at radius 3 is 2.50 bits per heavy atom. The summed E-state index contributed by atoms with van der Waals surface area (Å²) >= 11 is 4.85. The van der Waals surface area contributed by atoms with Crippen molar-refractivity contribution in [1.82, 2.24) is 5.32 Å². The first-order chi connectivity index (χ1) is 16.3. The number of thioether (sulfide) groups is 1. The van der Waals surface area contributed by atoms with E-state index in [1.54, 1.807) is 0 Å². The third-order valence-corrected chi connectivity index (χ3v) is 7.27. The molecule has 2 aliphatic rings. The maximum absolute atomic E-state index is 12.1. The molecule has 8 nitrogen and oxygen atoms in total. The lowest BCUT2D eigenvalue weighted by atomic mass is 9.96. The molecule has 1 amide bonds. The average molecular weight is 552 g/mol. The number of amides is 1. The van der Waals surface area contributed by atoms with Gasteiger partial charge in [-0.3, -0.25) is 4.79 Å². The number of nitrogens with one attached hydrogen (secondary N) is 1. The predicted molar refractivity (Wildman–Crippen MR) is 128 cm³/mol. The van der Waals surface area contributed by atoms with E-state index in [-0.39, 0.29) is 12.5 Å². The fourth-order valence-electron chi connectivity index (χ4n) is 3.94. The summed E-state index contributed by atoms with van der Waals surface area (Å²) in [6, 6.07) is 16.5. The number of carbonyl (C=O) groups is 2. The van der Waals surface area contributed by atoms with Crippen LogP contribution < -0.4 is 5.32 Å². The SMILES string of the molecule is CC(=O)NC1C(Sc2ccc(Br)cc2)OC2COC(c3ccccc3)OC2C1OC(C)C(=O)O. The summed E-state index contributed by atoms with van der Waals surface area (Å²) in [5.41, 5.74) is 0.270. The number of benzene rings is 2. The Morgan fingerprint density at radius 2 is 1.85 bits per heavy atom. The predicted octanol–water partition coefficient (Wildman–Crippen LogP) is 3.74. The molecule has 4 rings (SSSR count). The van der Waals surface area contributed by atoms with Crippen LogP contribution in [0.1, 0.15) is 25.7 Å². The Labute approximate surface area is 210 Å². The molecule has 0 radical (unpaired) electrons. The van der Waals surface area contributed by atoms with Gasteiger partial charge in [0.2, 0.25) is 5.91 Å². The second-order valence-corrected chi connectivity index (χ2v) is 10.2. The van der Waals surface area contributed by atoms with E-state index in [1.165, 1.54) is 25.6 Å². The summed E-state index contributed by atoms with van der Waals surface area (Å²) in [6.07, 6.45) is -3.72. The topological polar surface area (TPSA) is 103 Å². The lowest BCUT2D eigenvalue weighted by Crippen LogP contribution is -2.66. The minimum atomic E-state index is -1.11. The van der Waals surface area contributed by atoms with Gasteiger partial charge < -0.3 is 29.4 Å². The fraction of sp³-hybridized carbons (Fsp3) is 0.417. The number of hydrogen-bond acceptors (Lipinski definition) is 7. The molecule has 2 aromatic rings. The number of aliphatic carboxylic acids is 1. The van der Waals surface area contributed by atoms with Gasteiger partial charge in [0.1, 0.15) is 23.7 Å². The Hall–Kier alpha value is -1.95. The van der Waals surface area contributed by atoms with Crippen LogP contribution in [0.5, 0.6) is 0 Å². The third kappa shape index (κ3) is 5.99. The number of carboxylic acids is 1. The quantitative estimate of drug-likeness (QED) is 0.536. The summed E-state index contributed by atoms with van der Waals surface area (Å²) in [5.74, 6) is -1.38. The molecule has 34 heavy (non-hydrogen) atoms. The molecule has 0 aromatic heterocycles. The Balaban J connectivity index is 1.64. The van der Waals surface area contributed by atoms with Gasteiger partial charge in [-0.2, -0.15) is 0 Å². The molecule has 0 saturated carbocycles. The molecule has 7 unspecified atom stereocenters. The van der Waals surface area contributed by atoms with Gasteiger partial charge in [0.15, 0.2) is 12.4 Å². The van der Waals surface area contributed by atoms with Crippen molar-refractivity contribution in [2.75, 3.05) is 6.61 Å². The summed E-state index contributed by atoms with van der Waals surface area (Å²) < 4.78 is 25.5. The van der Waals surface area contributed by atoms with Crippen LogP contribution in [0.4, 0.5) is 0 Å². The lowest BCUT2D eigenvalue weighted by molar-refractivity contribution is -0.314. The number of carbonyl (C=O) groups excluding carboxylic acids is 1. The highest BCUT2D eigenvalue weighted by Gasteiger charge is 2.52. The summed E-state index contributed by atoms with van der Waals surface area (Å²) in [5, 5.41) is 12.4. The smallest absolute Gasteiger partial charge is 0.332 e. The molecule has 2 aliphatic heterocycles. The van der Waals surface area contributed by atoms with E-state index in [0.717, 1.165) is 14.9 Å². The number of rotatable bonds is 7. The molecule has 0 aliphatic carbocycles. The number of hydrogen-bond donors (Lipinski definition) is 2. The Morgan fingerprint density at radius 1 is 1.15 bits per heavy atom. The molecule has 2 saturated heterocycles. The van der Waals surface area contributed by atoms with Crippen molar-refractivity contribution in [2.45, 2.75) is 60.9 Å². The van der Waals surface area contributed by atoms with E-state index >= 15 is 0 Å².